The van der Waals surface area contributed by atoms with Crippen molar-refractivity contribution < 1.29 is 13.9 Å². The molecule has 0 aromatic heterocycles. The number of hydrogen-bond acceptors (Lipinski definition) is 2. The van der Waals surface area contributed by atoms with Crippen LogP contribution in [0.4, 0.5) is 4.39 Å². The molecule has 2 rings (SSSR count). The number of halogens is 2. The normalized spacial score (nSPS) is 23.5. The van der Waals surface area contributed by atoms with Gasteiger partial charge in [0.1, 0.15) is 5.82 Å². The highest BCUT2D eigenvalue weighted by molar-refractivity contribution is 9.10. The number of nitrogens with zero attached hydrogens (tertiary/aromatic N) is 1. The second-order valence-electron chi connectivity index (χ2n) is 4.92. The standard InChI is InChI=1S/C14H17BrFNO2/c1-9-5-6-17(8-13(9)19-2)14(18)11-7-10(16)3-4-12(11)15/h3-4,7,9,13H,5-6,8H2,1-2H3. The maximum atomic E-state index is 13.3. The van der Waals surface area contributed by atoms with E-state index < -0.39 is 5.82 Å². The van der Waals surface area contributed by atoms with Gasteiger partial charge in [0.25, 0.3) is 5.91 Å². The maximum Gasteiger partial charge on any atom is 0.255 e. The van der Waals surface area contributed by atoms with Gasteiger partial charge in [-0.25, -0.2) is 4.39 Å². The molecule has 5 heteroatoms. The third-order valence-electron chi connectivity index (χ3n) is 3.64. The first-order chi connectivity index (χ1) is 9.02. The summed E-state index contributed by atoms with van der Waals surface area (Å²) in [4.78, 5) is 14.1. The Morgan fingerprint density at radius 1 is 1.53 bits per heavy atom. The van der Waals surface area contributed by atoms with Crippen molar-refractivity contribution in [2.45, 2.75) is 19.4 Å². The van der Waals surface area contributed by atoms with Crippen molar-refractivity contribution in [3.8, 4) is 0 Å². The van der Waals surface area contributed by atoms with Crippen LogP contribution in [0.1, 0.15) is 23.7 Å². The van der Waals surface area contributed by atoms with Gasteiger partial charge in [-0.05, 0) is 46.5 Å². The number of piperidine rings is 1. The van der Waals surface area contributed by atoms with E-state index >= 15 is 0 Å². The van der Waals surface area contributed by atoms with Crippen LogP contribution >= 0.6 is 15.9 Å². The van der Waals surface area contributed by atoms with Crippen molar-refractivity contribution >= 4 is 21.8 Å². The van der Waals surface area contributed by atoms with Gasteiger partial charge in [-0.2, -0.15) is 0 Å². The van der Waals surface area contributed by atoms with Gasteiger partial charge in [0.05, 0.1) is 11.7 Å². The molecule has 0 aliphatic carbocycles. The molecule has 19 heavy (non-hydrogen) atoms. The average Bonchev–Trinajstić information content (AvgIpc) is 2.41. The van der Waals surface area contributed by atoms with E-state index in [2.05, 4.69) is 22.9 Å². The molecule has 0 spiro atoms. The highest BCUT2D eigenvalue weighted by Crippen LogP contribution is 2.24. The molecule has 2 atom stereocenters. The molecular formula is C14H17BrFNO2. The minimum absolute atomic E-state index is 0.0463. The number of carbonyl (C=O) groups is 1. The molecule has 2 unspecified atom stereocenters. The van der Waals surface area contributed by atoms with Crippen LogP contribution in [0.15, 0.2) is 22.7 Å². The zero-order valence-corrected chi connectivity index (χ0v) is 12.6. The highest BCUT2D eigenvalue weighted by atomic mass is 79.9. The molecule has 0 saturated carbocycles. The van der Waals surface area contributed by atoms with Gasteiger partial charge in [0.15, 0.2) is 0 Å². The number of methoxy groups -OCH3 is 1. The summed E-state index contributed by atoms with van der Waals surface area (Å²) in [6.07, 6.45) is 0.946. The molecule has 104 valence electrons. The minimum atomic E-state index is -0.403. The molecule has 1 fully saturated rings. The fourth-order valence-corrected chi connectivity index (χ4v) is 2.77. The second-order valence-corrected chi connectivity index (χ2v) is 5.77. The third-order valence-corrected chi connectivity index (χ3v) is 4.33. The molecule has 0 radical (unpaired) electrons. The van der Waals surface area contributed by atoms with Crippen molar-refractivity contribution in [1.82, 2.24) is 4.90 Å². The van der Waals surface area contributed by atoms with Gasteiger partial charge in [-0.1, -0.05) is 6.92 Å². The molecule has 1 aromatic rings. The largest absolute Gasteiger partial charge is 0.379 e. The number of likely N-dealkylation sites (tertiary alicyclic amines) is 1. The lowest BCUT2D eigenvalue weighted by Gasteiger charge is -2.36. The molecule has 0 bridgehead atoms. The Balaban J connectivity index is 2.18. The van der Waals surface area contributed by atoms with Crippen LogP contribution in [0.5, 0.6) is 0 Å². The molecule has 0 N–H and O–H groups in total. The first-order valence-electron chi connectivity index (χ1n) is 6.30. The molecule has 1 aromatic carbocycles. The first-order valence-corrected chi connectivity index (χ1v) is 7.09. The van der Waals surface area contributed by atoms with Crippen LogP contribution in [0.3, 0.4) is 0 Å². The summed E-state index contributed by atoms with van der Waals surface area (Å²) in [5.74, 6) is -0.120. The first kappa shape index (κ1) is 14.5. The summed E-state index contributed by atoms with van der Waals surface area (Å²) in [6, 6.07) is 4.16. The third kappa shape index (κ3) is 3.15. The van der Waals surface area contributed by atoms with Gasteiger partial charge >= 0.3 is 0 Å². The van der Waals surface area contributed by atoms with Gasteiger partial charge in [-0.3, -0.25) is 4.79 Å². The minimum Gasteiger partial charge on any atom is -0.379 e. The monoisotopic (exact) mass is 329 g/mol. The Morgan fingerprint density at radius 3 is 2.95 bits per heavy atom. The number of carbonyl (C=O) groups excluding carboxylic acids is 1. The van der Waals surface area contributed by atoms with Gasteiger partial charge in [0, 0.05) is 24.7 Å². The summed E-state index contributed by atoms with van der Waals surface area (Å²) in [6.45, 7) is 3.36. The topological polar surface area (TPSA) is 29.5 Å². The van der Waals surface area contributed by atoms with E-state index in [-0.39, 0.29) is 12.0 Å². The smallest absolute Gasteiger partial charge is 0.255 e. The lowest BCUT2D eigenvalue weighted by atomic mass is 9.95. The predicted octanol–water partition coefficient (Wildman–Crippen LogP) is 3.09. The van der Waals surface area contributed by atoms with Gasteiger partial charge < -0.3 is 9.64 Å². The summed E-state index contributed by atoms with van der Waals surface area (Å²) in [5.41, 5.74) is 0.365. The molecule has 1 saturated heterocycles. The predicted molar refractivity (Wildman–Crippen MR) is 74.6 cm³/mol. The van der Waals surface area contributed by atoms with Crippen LogP contribution in [-0.2, 0) is 4.74 Å². The van der Waals surface area contributed by atoms with E-state index in [0.717, 1.165) is 6.42 Å². The number of amides is 1. The van der Waals surface area contributed by atoms with Crippen LogP contribution in [0, 0.1) is 11.7 Å². The Kier molecular flexibility index (Phi) is 4.58. The van der Waals surface area contributed by atoms with Crippen LogP contribution in [0.2, 0.25) is 0 Å². The summed E-state index contributed by atoms with van der Waals surface area (Å²) in [7, 11) is 1.66. The molecule has 1 aliphatic rings. The van der Waals surface area contributed by atoms with Crippen LogP contribution in [-0.4, -0.2) is 37.1 Å². The summed E-state index contributed by atoms with van der Waals surface area (Å²) < 4.78 is 19.3. The number of ether oxygens (including phenoxy) is 1. The Labute approximate surface area is 120 Å². The molecule has 3 nitrogen and oxygen atoms in total. The number of rotatable bonds is 2. The van der Waals surface area contributed by atoms with E-state index in [9.17, 15) is 9.18 Å². The Morgan fingerprint density at radius 2 is 2.26 bits per heavy atom. The lowest BCUT2D eigenvalue weighted by Crippen LogP contribution is -2.46. The maximum absolute atomic E-state index is 13.3. The number of hydrogen-bond donors (Lipinski definition) is 0. The van der Waals surface area contributed by atoms with Crippen molar-refractivity contribution in [2.24, 2.45) is 5.92 Å². The second kappa shape index (κ2) is 6.01. The van der Waals surface area contributed by atoms with Gasteiger partial charge in [-0.15, -0.1) is 0 Å². The van der Waals surface area contributed by atoms with Crippen LogP contribution < -0.4 is 0 Å². The Bertz CT molecular complexity index is 481. The highest BCUT2D eigenvalue weighted by Gasteiger charge is 2.30. The van der Waals surface area contributed by atoms with Crippen LogP contribution in [0.25, 0.3) is 0 Å². The average molecular weight is 330 g/mol. The van der Waals surface area contributed by atoms with Crippen molar-refractivity contribution in [3.05, 3.63) is 34.1 Å². The van der Waals surface area contributed by atoms with Crippen molar-refractivity contribution in [1.29, 1.82) is 0 Å². The zero-order valence-electron chi connectivity index (χ0n) is 11.0. The SMILES string of the molecule is COC1CN(C(=O)c2cc(F)ccc2Br)CCC1C. The summed E-state index contributed by atoms with van der Waals surface area (Å²) >= 11 is 3.30. The molecular weight excluding hydrogens is 313 g/mol. The fourth-order valence-electron chi connectivity index (χ4n) is 2.36. The Hall–Kier alpha value is -0.940. The van der Waals surface area contributed by atoms with E-state index in [1.165, 1.54) is 12.1 Å². The zero-order chi connectivity index (χ0) is 14.0. The van der Waals surface area contributed by atoms with E-state index in [0.29, 0.717) is 29.0 Å². The van der Waals surface area contributed by atoms with Crippen molar-refractivity contribution in [3.63, 3.8) is 0 Å². The fraction of sp³-hybridized carbons (Fsp3) is 0.500. The quantitative estimate of drug-likeness (QED) is 0.834. The number of benzene rings is 1. The van der Waals surface area contributed by atoms with Crippen molar-refractivity contribution in [2.75, 3.05) is 20.2 Å². The van der Waals surface area contributed by atoms with E-state index in [1.54, 1.807) is 18.1 Å². The van der Waals surface area contributed by atoms with E-state index in [1.807, 2.05) is 0 Å². The van der Waals surface area contributed by atoms with Gasteiger partial charge in [0.2, 0.25) is 0 Å². The lowest BCUT2D eigenvalue weighted by molar-refractivity contribution is -0.00161. The molecule has 1 aliphatic heterocycles. The summed E-state index contributed by atoms with van der Waals surface area (Å²) in [5, 5.41) is 0. The molecule has 1 amide bonds. The molecule has 1 heterocycles. The van der Waals surface area contributed by atoms with E-state index in [4.69, 9.17) is 4.74 Å².